The highest BCUT2D eigenvalue weighted by Gasteiger charge is 2.16. The summed E-state index contributed by atoms with van der Waals surface area (Å²) in [5.74, 6) is 0. The van der Waals surface area contributed by atoms with Crippen molar-refractivity contribution in [3.8, 4) is 0 Å². The molecule has 1 rings (SSSR count). The lowest BCUT2D eigenvalue weighted by atomic mass is 10.2. The van der Waals surface area contributed by atoms with E-state index < -0.39 is 10.0 Å². The lowest BCUT2D eigenvalue weighted by molar-refractivity contribution is 0.520. The van der Waals surface area contributed by atoms with Gasteiger partial charge in [0.15, 0.2) is 0 Å². The first-order valence-corrected chi connectivity index (χ1v) is 5.94. The van der Waals surface area contributed by atoms with Crippen molar-refractivity contribution in [1.29, 1.82) is 0 Å². The summed E-state index contributed by atoms with van der Waals surface area (Å²) in [7, 11) is -0.205. The van der Waals surface area contributed by atoms with Crippen molar-refractivity contribution in [2.45, 2.75) is 18.2 Å². The second kappa shape index (κ2) is 4.11. The fourth-order valence-corrected chi connectivity index (χ4v) is 2.11. The molecule has 78 valence electrons. The topological polar surface area (TPSA) is 37.4 Å². The van der Waals surface area contributed by atoms with E-state index in [0.29, 0.717) is 4.90 Å². The first-order valence-electron chi connectivity index (χ1n) is 4.50. The van der Waals surface area contributed by atoms with Crippen LogP contribution < -0.4 is 0 Å². The van der Waals surface area contributed by atoms with Crippen LogP contribution in [0.15, 0.2) is 29.2 Å². The van der Waals surface area contributed by atoms with E-state index in [1.54, 1.807) is 18.2 Å². The van der Waals surface area contributed by atoms with Crippen molar-refractivity contribution < 1.29 is 8.42 Å². The highest BCUT2D eigenvalue weighted by molar-refractivity contribution is 7.89. The highest BCUT2D eigenvalue weighted by Crippen LogP contribution is 2.14. The van der Waals surface area contributed by atoms with Gasteiger partial charge in [-0.15, -0.1) is 0 Å². The smallest absolute Gasteiger partial charge is 0.207 e. The molecule has 0 unspecified atom stereocenters. The summed E-state index contributed by atoms with van der Waals surface area (Å²) < 4.78 is 24.7. The second-order valence-electron chi connectivity index (χ2n) is 3.29. The third-order valence-electron chi connectivity index (χ3n) is 2.09. The molecule has 3 nitrogen and oxygen atoms in total. The van der Waals surface area contributed by atoms with Crippen LogP contribution in [0.25, 0.3) is 0 Å². The van der Waals surface area contributed by atoms with Crippen LogP contribution >= 0.6 is 0 Å². The summed E-state index contributed by atoms with van der Waals surface area (Å²) >= 11 is 0. The van der Waals surface area contributed by atoms with Crippen LogP contribution in [0, 0.1) is 0 Å². The molecule has 0 heterocycles. The minimum absolute atomic E-state index is 0.363. The predicted molar refractivity (Wildman–Crippen MR) is 56.7 cm³/mol. The number of nitrogens with zero attached hydrogens (tertiary/aromatic N) is 1. The third kappa shape index (κ3) is 2.13. The van der Waals surface area contributed by atoms with E-state index in [1.807, 2.05) is 13.0 Å². The fourth-order valence-electron chi connectivity index (χ4n) is 1.14. The zero-order valence-corrected chi connectivity index (χ0v) is 9.50. The van der Waals surface area contributed by atoms with E-state index in [-0.39, 0.29) is 0 Å². The van der Waals surface area contributed by atoms with Crippen molar-refractivity contribution in [2.75, 3.05) is 14.1 Å². The van der Waals surface area contributed by atoms with Gasteiger partial charge in [-0.3, -0.25) is 0 Å². The predicted octanol–water partition coefficient (Wildman–Crippen LogP) is 1.50. The Morgan fingerprint density at radius 3 is 2.43 bits per heavy atom. The molecular formula is C10H15NO2S. The number of hydrogen-bond acceptors (Lipinski definition) is 2. The molecule has 1 aromatic carbocycles. The Kier molecular flexibility index (Phi) is 3.29. The summed E-state index contributed by atoms with van der Waals surface area (Å²) in [6, 6.07) is 7.04. The maximum Gasteiger partial charge on any atom is 0.242 e. The van der Waals surface area contributed by atoms with Crippen molar-refractivity contribution in [3.05, 3.63) is 29.8 Å². The van der Waals surface area contributed by atoms with Gasteiger partial charge in [0.05, 0.1) is 4.90 Å². The lowest BCUT2D eigenvalue weighted by Gasteiger charge is -2.11. The molecule has 0 fully saturated rings. The minimum Gasteiger partial charge on any atom is -0.207 e. The molecule has 0 atom stereocenters. The molecule has 0 aliphatic rings. The van der Waals surface area contributed by atoms with Crippen molar-refractivity contribution in [1.82, 2.24) is 4.31 Å². The van der Waals surface area contributed by atoms with Crippen LogP contribution in [-0.4, -0.2) is 26.8 Å². The Morgan fingerprint density at radius 2 is 1.93 bits per heavy atom. The van der Waals surface area contributed by atoms with Crippen LogP contribution in [0.5, 0.6) is 0 Å². The summed E-state index contributed by atoms with van der Waals surface area (Å²) in [4.78, 5) is 0.363. The molecule has 0 radical (unpaired) electrons. The molecule has 0 aliphatic heterocycles. The average Bonchev–Trinajstić information content (AvgIpc) is 2.17. The van der Waals surface area contributed by atoms with Crippen LogP contribution in [0.4, 0.5) is 0 Å². The summed E-state index contributed by atoms with van der Waals surface area (Å²) in [6.07, 6.45) is 0.844. The van der Waals surface area contributed by atoms with Crippen LogP contribution in [0.1, 0.15) is 12.5 Å². The van der Waals surface area contributed by atoms with Crippen LogP contribution in [0.2, 0.25) is 0 Å². The first kappa shape index (κ1) is 11.2. The second-order valence-corrected chi connectivity index (χ2v) is 5.44. The summed E-state index contributed by atoms with van der Waals surface area (Å²) in [5.41, 5.74) is 1.04. The third-order valence-corrected chi connectivity index (χ3v) is 3.90. The number of benzene rings is 1. The molecule has 0 N–H and O–H groups in total. The fraction of sp³-hybridized carbons (Fsp3) is 0.400. The van der Waals surface area contributed by atoms with Gasteiger partial charge in [-0.05, 0) is 24.1 Å². The average molecular weight is 213 g/mol. The molecule has 0 saturated carbocycles. The molecule has 0 aromatic heterocycles. The molecule has 4 heteroatoms. The minimum atomic E-state index is -3.28. The van der Waals surface area contributed by atoms with Gasteiger partial charge in [0, 0.05) is 14.1 Å². The van der Waals surface area contributed by atoms with E-state index in [4.69, 9.17) is 0 Å². The maximum atomic E-state index is 11.7. The molecular weight excluding hydrogens is 198 g/mol. The van der Waals surface area contributed by atoms with Crippen molar-refractivity contribution >= 4 is 10.0 Å². The van der Waals surface area contributed by atoms with Gasteiger partial charge in [0.1, 0.15) is 0 Å². The molecule has 0 aliphatic carbocycles. The maximum absolute atomic E-state index is 11.7. The normalized spacial score (nSPS) is 12.0. The Balaban J connectivity index is 3.20. The van der Waals surface area contributed by atoms with E-state index >= 15 is 0 Å². The molecule has 1 aromatic rings. The zero-order valence-electron chi connectivity index (χ0n) is 8.69. The van der Waals surface area contributed by atoms with Crippen LogP contribution in [-0.2, 0) is 16.4 Å². The van der Waals surface area contributed by atoms with Gasteiger partial charge < -0.3 is 0 Å². The van der Waals surface area contributed by atoms with Gasteiger partial charge in [0.25, 0.3) is 0 Å². The van der Waals surface area contributed by atoms with E-state index in [1.165, 1.54) is 18.4 Å². The van der Waals surface area contributed by atoms with Gasteiger partial charge in [-0.25, -0.2) is 12.7 Å². The molecule has 0 saturated heterocycles. The highest BCUT2D eigenvalue weighted by atomic mass is 32.2. The number of hydrogen-bond donors (Lipinski definition) is 0. The van der Waals surface area contributed by atoms with Gasteiger partial charge in [-0.1, -0.05) is 19.1 Å². The Hall–Kier alpha value is -0.870. The molecule has 0 bridgehead atoms. The molecule has 14 heavy (non-hydrogen) atoms. The van der Waals surface area contributed by atoms with Gasteiger partial charge >= 0.3 is 0 Å². The summed E-state index contributed by atoms with van der Waals surface area (Å²) in [5, 5.41) is 0. The lowest BCUT2D eigenvalue weighted by Crippen LogP contribution is -2.22. The van der Waals surface area contributed by atoms with E-state index in [9.17, 15) is 8.42 Å². The van der Waals surface area contributed by atoms with E-state index in [2.05, 4.69) is 0 Å². The summed E-state index contributed by atoms with van der Waals surface area (Å²) in [6.45, 7) is 2.00. The standard InChI is InChI=1S/C10H15NO2S/c1-4-9-6-5-7-10(8-9)14(12,13)11(2)3/h5-8H,4H2,1-3H3. The SMILES string of the molecule is CCc1cccc(S(=O)(=O)N(C)C)c1. The van der Waals surface area contributed by atoms with Crippen LogP contribution in [0.3, 0.4) is 0 Å². The van der Waals surface area contributed by atoms with Gasteiger partial charge in [0.2, 0.25) is 10.0 Å². The largest absolute Gasteiger partial charge is 0.242 e. The Labute approximate surface area is 85.4 Å². The van der Waals surface area contributed by atoms with Gasteiger partial charge in [-0.2, -0.15) is 0 Å². The number of aryl methyl sites for hydroxylation is 1. The number of sulfonamides is 1. The zero-order chi connectivity index (χ0) is 10.8. The quantitative estimate of drug-likeness (QED) is 0.763. The first-order chi connectivity index (χ1) is 6.48. The molecule has 0 amide bonds. The number of rotatable bonds is 3. The Bertz CT molecular complexity index is 410. The van der Waals surface area contributed by atoms with E-state index in [0.717, 1.165) is 12.0 Å². The Morgan fingerprint density at radius 1 is 1.29 bits per heavy atom. The molecule has 0 spiro atoms. The monoisotopic (exact) mass is 213 g/mol. The van der Waals surface area contributed by atoms with Crippen molar-refractivity contribution in [2.24, 2.45) is 0 Å². The van der Waals surface area contributed by atoms with Crippen molar-refractivity contribution in [3.63, 3.8) is 0 Å².